The standard InChI is InChI=1S/C13H21F3N4O2/c1-9-10(19(2)5-6-21)3-4-20(9)8-12-17-11(18-22-12)7-13(14,15)16/h9-10,21H,3-8H2,1-2H3/t9-,10-/m1/s1. The zero-order chi connectivity index (χ0) is 16.3. The van der Waals surface area contributed by atoms with E-state index in [1.165, 1.54) is 0 Å². The molecule has 1 aliphatic heterocycles. The van der Waals surface area contributed by atoms with Crippen molar-refractivity contribution < 1.29 is 22.8 Å². The van der Waals surface area contributed by atoms with Gasteiger partial charge in [-0.15, -0.1) is 0 Å². The van der Waals surface area contributed by atoms with Crippen LogP contribution in [0.1, 0.15) is 25.1 Å². The van der Waals surface area contributed by atoms with Crippen molar-refractivity contribution in [3.05, 3.63) is 11.7 Å². The minimum absolute atomic E-state index is 0.101. The molecule has 1 aromatic rings. The van der Waals surface area contributed by atoms with E-state index < -0.39 is 12.6 Å². The van der Waals surface area contributed by atoms with Crippen LogP contribution in [0.15, 0.2) is 4.52 Å². The smallest absolute Gasteiger partial charge is 0.395 e. The molecule has 0 radical (unpaired) electrons. The zero-order valence-electron chi connectivity index (χ0n) is 12.7. The van der Waals surface area contributed by atoms with Crippen molar-refractivity contribution in [2.75, 3.05) is 26.7 Å². The van der Waals surface area contributed by atoms with Gasteiger partial charge >= 0.3 is 6.18 Å². The van der Waals surface area contributed by atoms with Crippen LogP contribution >= 0.6 is 0 Å². The number of likely N-dealkylation sites (tertiary alicyclic amines) is 1. The minimum Gasteiger partial charge on any atom is -0.395 e. The summed E-state index contributed by atoms with van der Waals surface area (Å²) in [5.41, 5.74) is 0. The van der Waals surface area contributed by atoms with Crippen LogP contribution in [0.4, 0.5) is 13.2 Å². The normalized spacial score (nSPS) is 23.6. The summed E-state index contributed by atoms with van der Waals surface area (Å²) < 4.78 is 41.7. The summed E-state index contributed by atoms with van der Waals surface area (Å²) in [6, 6.07) is 0.499. The second-order valence-corrected chi connectivity index (χ2v) is 5.67. The maximum absolute atomic E-state index is 12.3. The number of rotatable bonds is 6. The molecule has 1 aliphatic rings. The van der Waals surface area contributed by atoms with E-state index in [0.717, 1.165) is 13.0 Å². The van der Waals surface area contributed by atoms with Gasteiger partial charge in [-0.3, -0.25) is 9.80 Å². The van der Waals surface area contributed by atoms with Crippen molar-refractivity contribution in [3.63, 3.8) is 0 Å². The molecule has 1 aromatic heterocycles. The molecule has 1 N–H and O–H groups in total. The fraction of sp³-hybridized carbons (Fsp3) is 0.846. The molecule has 2 atom stereocenters. The lowest BCUT2D eigenvalue weighted by Gasteiger charge is -2.29. The third kappa shape index (κ3) is 4.40. The van der Waals surface area contributed by atoms with Crippen LogP contribution in [0.2, 0.25) is 0 Å². The number of halogens is 3. The topological polar surface area (TPSA) is 65.6 Å². The first kappa shape index (κ1) is 17.2. The Hall–Kier alpha value is -1.19. The van der Waals surface area contributed by atoms with E-state index in [-0.39, 0.29) is 24.4 Å². The predicted octanol–water partition coefficient (Wildman–Crippen LogP) is 1.06. The second-order valence-electron chi connectivity index (χ2n) is 5.67. The second kappa shape index (κ2) is 6.93. The molecule has 126 valence electrons. The molecule has 0 aromatic carbocycles. The van der Waals surface area contributed by atoms with Gasteiger partial charge in [0.05, 0.1) is 13.2 Å². The summed E-state index contributed by atoms with van der Waals surface area (Å²) in [7, 11) is 1.95. The number of likely N-dealkylation sites (N-methyl/N-ethyl adjacent to an activating group) is 1. The van der Waals surface area contributed by atoms with Gasteiger partial charge in [0, 0.05) is 25.2 Å². The lowest BCUT2D eigenvalue weighted by molar-refractivity contribution is -0.128. The molecule has 1 fully saturated rings. The lowest BCUT2D eigenvalue weighted by Crippen LogP contribution is -2.42. The van der Waals surface area contributed by atoms with Crippen LogP contribution in [0.25, 0.3) is 0 Å². The summed E-state index contributed by atoms with van der Waals surface area (Å²) in [4.78, 5) is 8.00. The SMILES string of the molecule is C[C@@H]1[C@H](N(C)CCO)CCN1Cc1nc(CC(F)(F)F)no1. The maximum Gasteiger partial charge on any atom is 0.396 e. The van der Waals surface area contributed by atoms with E-state index in [0.29, 0.717) is 19.1 Å². The molecule has 0 unspecified atom stereocenters. The molecule has 0 aliphatic carbocycles. The van der Waals surface area contributed by atoms with Crippen LogP contribution in [0.3, 0.4) is 0 Å². The molecular weight excluding hydrogens is 301 g/mol. The third-order valence-electron chi connectivity index (χ3n) is 4.07. The van der Waals surface area contributed by atoms with Crippen LogP contribution in [0, 0.1) is 0 Å². The highest BCUT2D eigenvalue weighted by Crippen LogP contribution is 2.24. The van der Waals surface area contributed by atoms with Crippen molar-refractivity contribution in [1.82, 2.24) is 19.9 Å². The van der Waals surface area contributed by atoms with E-state index in [4.69, 9.17) is 9.63 Å². The Labute approximate surface area is 126 Å². The molecule has 2 rings (SSSR count). The van der Waals surface area contributed by atoms with E-state index >= 15 is 0 Å². The first-order valence-corrected chi connectivity index (χ1v) is 7.23. The summed E-state index contributed by atoms with van der Waals surface area (Å²) in [5, 5.41) is 12.4. The fourth-order valence-electron chi connectivity index (χ4n) is 2.90. The van der Waals surface area contributed by atoms with Gasteiger partial charge in [0.25, 0.3) is 0 Å². The van der Waals surface area contributed by atoms with Gasteiger partial charge in [-0.1, -0.05) is 5.16 Å². The molecule has 6 nitrogen and oxygen atoms in total. The minimum atomic E-state index is -4.33. The third-order valence-corrected chi connectivity index (χ3v) is 4.07. The lowest BCUT2D eigenvalue weighted by atomic mass is 10.1. The summed E-state index contributed by atoms with van der Waals surface area (Å²) in [5.74, 6) is -0.125. The summed E-state index contributed by atoms with van der Waals surface area (Å²) >= 11 is 0. The Morgan fingerprint density at radius 2 is 2.18 bits per heavy atom. The number of hydrogen-bond donors (Lipinski definition) is 1. The highest BCUT2D eigenvalue weighted by molar-refractivity contribution is 4.94. The fourth-order valence-corrected chi connectivity index (χ4v) is 2.90. The van der Waals surface area contributed by atoms with E-state index in [1.807, 2.05) is 7.05 Å². The number of aliphatic hydroxyl groups is 1. The van der Waals surface area contributed by atoms with Gasteiger partial charge in [-0.2, -0.15) is 18.2 Å². The Kier molecular flexibility index (Phi) is 5.41. The van der Waals surface area contributed by atoms with Crippen LogP contribution in [-0.2, 0) is 13.0 Å². The van der Waals surface area contributed by atoms with E-state index in [9.17, 15) is 13.2 Å². The molecule has 0 amide bonds. The van der Waals surface area contributed by atoms with Gasteiger partial charge in [0.1, 0.15) is 6.42 Å². The van der Waals surface area contributed by atoms with Crippen molar-refractivity contribution in [3.8, 4) is 0 Å². The molecular formula is C13H21F3N4O2. The predicted molar refractivity (Wildman–Crippen MR) is 72.0 cm³/mol. The molecule has 1 saturated heterocycles. The number of alkyl halides is 3. The van der Waals surface area contributed by atoms with Gasteiger partial charge in [0.15, 0.2) is 5.82 Å². The monoisotopic (exact) mass is 322 g/mol. The van der Waals surface area contributed by atoms with Crippen LogP contribution in [0.5, 0.6) is 0 Å². The van der Waals surface area contributed by atoms with Gasteiger partial charge in [-0.05, 0) is 20.4 Å². The quantitative estimate of drug-likeness (QED) is 0.845. The zero-order valence-corrected chi connectivity index (χ0v) is 12.7. The largest absolute Gasteiger partial charge is 0.396 e. The molecule has 0 bridgehead atoms. The van der Waals surface area contributed by atoms with Crippen molar-refractivity contribution in [2.45, 2.75) is 44.6 Å². The average molecular weight is 322 g/mol. The molecule has 0 spiro atoms. The molecule has 22 heavy (non-hydrogen) atoms. The molecule has 9 heteroatoms. The molecule has 2 heterocycles. The highest BCUT2D eigenvalue weighted by atomic mass is 19.4. The Balaban J connectivity index is 1.92. The van der Waals surface area contributed by atoms with E-state index in [2.05, 4.69) is 26.9 Å². The Bertz CT molecular complexity index is 480. The van der Waals surface area contributed by atoms with Gasteiger partial charge in [-0.25, -0.2) is 0 Å². The summed E-state index contributed by atoms with van der Waals surface area (Å²) in [6.07, 6.45) is -4.57. The number of aromatic nitrogens is 2. The first-order valence-electron chi connectivity index (χ1n) is 7.23. The Morgan fingerprint density at radius 1 is 1.45 bits per heavy atom. The highest BCUT2D eigenvalue weighted by Gasteiger charge is 2.34. The van der Waals surface area contributed by atoms with Crippen LogP contribution < -0.4 is 0 Å². The number of aliphatic hydroxyl groups excluding tert-OH is 1. The van der Waals surface area contributed by atoms with Crippen LogP contribution in [-0.4, -0.2) is 70.1 Å². The van der Waals surface area contributed by atoms with Crippen molar-refractivity contribution in [1.29, 1.82) is 0 Å². The maximum atomic E-state index is 12.3. The van der Waals surface area contributed by atoms with Gasteiger partial charge < -0.3 is 9.63 Å². The van der Waals surface area contributed by atoms with E-state index in [1.54, 1.807) is 0 Å². The Morgan fingerprint density at radius 3 is 2.82 bits per heavy atom. The number of hydrogen-bond acceptors (Lipinski definition) is 6. The average Bonchev–Trinajstić information content (AvgIpc) is 2.97. The van der Waals surface area contributed by atoms with Gasteiger partial charge in [0.2, 0.25) is 5.89 Å². The molecule has 0 saturated carbocycles. The van der Waals surface area contributed by atoms with Crippen molar-refractivity contribution >= 4 is 0 Å². The van der Waals surface area contributed by atoms with Crippen molar-refractivity contribution in [2.24, 2.45) is 0 Å². The first-order chi connectivity index (χ1) is 10.3. The number of nitrogens with zero attached hydrogens (tertiary/aromatic N) is 4. The summed E-state index contributed by atoms with van der Waals surface area (Å²) in [6.45, 7) is 3.90.